The van der Waals surface area contributed by atoms with E-state index in [0.717, 1.165) is 34.9 Å². The molecular formula is C18H20N2O. The van der Waals surface area contributed by atoms with E-state index in [-0.39, 0.29) is 11.5 Å². The molecule has 21 heavy (non-hydrogen) atoms. The maximum absolute atomic E-state index is 8.93. The maximum atomic E-state index is 8.93. The predicted octanol–water partition coefficient (Wildman–Crippen LogP) is 3.93. The molecule has 3 nitrogen and oxygen atoms in total. The largest absolute Gasteiger partial charge is 0.492 e. The van der Waals surface area contributed by atoms with Crippen LogP contribution in [0.5, 0.6) is 5.75 Å². The van der Waals surface area contributed by atoms with E-state index >= 15 is 0 Å². The van der Waals surface area contributed by atoms with Crippen LogP contribution in [0.2, 0.25) is 0 Å². The van der Waals surface area contributed by atoms with Crippen LogP contribution in [0.3, 0.4) is 0 Å². The normalized spacial score (nSPS) is 17.2. The van der Waals surface area contributed by atoms with Gasteiger partial charge in [-0.1, -0.05) is 36.4 Å². The van der Waals surface area contributed by atoms with Gasteiger partial charge in [-0.2, -0.15) is 5.26 Å². The first kappa shape index (κ1) is 13.9. The van der Waals surface area contributed by atoms with Gasteiger partial charge < -0.3 is 10.5 Å². The van der Waals surface area contributed by atoms with Gasteiger partial charge in [0.2, 0.25) is 0 Å². The van der Waals surface area contributed by atoms with E-state index in [2.05, 4.69) is 24.3 Å². The number of nitrogens with zero attached hydrogens (tertiary/aromatic N) is 1. The average molecular weight is 280 g/mol. The molecule has 0 saturated heterocycles. The molecule has 1 saturated carbocycles. The molecule has 3 rings (SSSR count). The summed E-state index contributed by atoms with van der Waals surface area (Å²) >= 11 is 0. The lowest BCUT2D eigenvalue weighted by molar-refractivity contribution is 0.236. The molecule has 1 atom stereocenters. The Morgan fingerprint density at radius 3 is 2.71 bits per heavy atom. The molecule has 1 aliphatic carbocycles. The fraction of sp³-hybridized carbons (Fsp3) is 0.389. The number of benzene rings is 2. The summed E-state index contributed by atoms with van der Waals surface area (Å²) in [6.45, 7) is 2.58. The molecule has 0 bridgehead atoms. The Bertz CT molecular complexity index is 696. The van der Waals surface area contributed by atoms with Crippen LogP contribution in [0.4, 0.5) is 0 Å². The van der Waals surface area contributed by atoms with Gasteiger partial charge in [0, 0.05) is 28.8 Å². The number of hydrogen-bond donors (Lipinski definition) is 1. The van der Waals surface area contributed by atoms with Crippen LogP contribution in [-0.4, -0.2) is 6.61 Å². The van der Waals surface area contributed by atoms with E-state index in [4.69, 9.17) is 15.7 Å². The SMILES string of the molecule is C[C@@H](N)c1ccc2ccccc2c1OCC1(CC#N)CC1. The molecule has 0 heterocycles. The van der Waals surface area contributed by atoms with Gasteiger partial charge in [0.15, 0.2) is 0 Å². The zero-order chi connectivity index (χ0) is 14.9. The molecule has 1 fully saturated rings. The summed E-state index contributed by atoms with van der Waals surface area (Å²) in [6, 6.07) is 14.5. The Balaban J connectivity index is 1.95. The summed E-state index contributed by atoms with van der Waals surface area (Å²) in [7, 11) is 0. The van der Waals surface area contributed by atoms with Gasteiger partial charge in [-0.15, -0.1) is 0 Å². The molecule has 108 valence electrons. The third-order valence-corrected chi connectivity index (χ3v) is 4.33. The lowest BCUT2D eigenvalue weighted by atomic mass is 10.0. The second kappa shape index (κ2) is 5.38. The number of rotatable bonds is 5. The number of fused-ring (bicyclic) bond motifs is 1. The van der Waals surface area contributed by atoms with Crippen LogP contribution in [0.25, 0.3) is 10.8 Å². The Morgan fingerprint density at radius 1 is 1.29 bits per heavy atom. The summed E-state index contributed by atoms with van der Waals surface area (Å²) in [5.41, 5.74) is 7.19. The van der Waals surface area contributed by atoms with E-state index in [9.17, 15) is 0 Å². The summed E-state index contributed by atoms with van der Waals surface area (Å²) < 4.78 is 6.16. The van der Waals surface area contributed by atoms with Crippen LogP contribution >= 0.6 is 0 Å². The van der Waals surface area contributed by atoms with Gasteiger partial charge in [0.05, 0.1) is 12.7 Å². The first-order chi connectivity index (χ1) is 10.2. The molecule has 1 aliphatic rings. The van der Waals surface area contributed by atoms with E-state index in [0.29, 0.717) is 13.0 Å². The Morgan fingerprint density at radius 2 is 2.05 bits per heavy atom. The second-order valence-corrected chi connectivity index (χ2v) is 6.12. The second-order valence-electron chi connectivity index (χ2n) is 6.12. The zero-order valence-corrected chi connectivity index (χ0v) is 12.3. The van der Waals surface area contributed by atoms with Gasteiger partial charge in [-0.3, -0.25) is 0 Å². The number of nitrogens with two attached hydrogens (primary N) is 1. The van der Waals surface area contributed by atoms with Crippen LogP contribution in [-0.2, 0) is 0 Å². The van der Waals surface area contributed by atoms with E-state index in [1.165, 1.54) is 0 Å². The van der Waals surface area contributed by atoms with Gasteiger partial charge in [-0.05, 0) is 25.2 Å². The average Bonchev–Trinajstić information content (AvgIpc) is 3.25. The van der Waals surface area contributed by atoms with Crippen molar-refractivity contribution >= 4 is 10.8 Å². The predicted molar refractivity (Wildman–Crippen MR) is 83.9 cm³/mol. The lowest BCUT2D eigenvalue weighted by Crippen LogP contribution is -2.15. The van der Waals surface area contributed by atoms with Crippen molar-refractivity contribution in [1.29, 1.82) is 5.26 Å². The van der Waals surface area contributed by atoms with Crippen LogP contribution in [0.1, 0.15) is 37.8 Å². The Hall–Kier alpha value is -2.05. The van der Waals surface area contributed by atoms with Gasteiger partial charge >= 0.3 is 0 Å². The number of nitriles is 1. The summed E-state index contributed by atoms with van der Waals surface area (Å²) in [4.78, 5) is 0. The minimum Gasteiger partial charge on any atom is -0.492 e. The molecule has 0 spiro atoms. The monoisotopic (exact) mass is 280 g/mol. The molecule has 2 aromatic carbocycles. The highest BCUT2D eigenvalue weighted by molar-refractivity contribution is 5.89. The van der Waals surface area contributed by atoms with Crippen LogP contribution in [0.15, 0.2) is 36.4 Å². The van der Waals surface area contributed by atoms with E-state index in [1.807, 2.05) is 25.1 Å². The minimum absolute atomic E-state index is 0.0702. The fourth-order valence-electron chi connectivity index (χ4n) is 2.72. The van der Waals surface area contributed by atoms with Crippen molar-refractivity contribution in [3.8, 4) is 11.8 Å². The van der Waals surface area contributed by atoms with Crippen molar-refractivity contribution in [2.75, 3.05) is 6.61 Å². The summed E-state index contributed by atoms with van der Waals surface area (Å²) in [6.07, 6.45) is 2.74. The van der Waals surface area contributed by atoms with Gasteiger partial charge in [-0.25, -0.2) is 0 Å². The molecule has 0 aromatic heterocycles. The third kappa shape index (κ3) is 2.72. The smallest absolute Gasteiger partial charge is 0.131 e. The Kier molecular flexibility index (Phi) is 3.57. The van der Waals surface area contributed by atoms with Crippen molar-refractivity contribution in [3.63, 3.8) is 0 Å². The molecule has 2 aromatic rings. The van der Waals surface area contributed by atoms with Crippen molar-refractivity contribution in [1.82, 2.24) is 0 Å². The van der Waals surface area contributed by atoms with Crippen LogP contribution in [0, 0.1) is 16.7 Å². The van der Waals surface area contributed by atoms with Crippen LogP contribution < -0.4 is 10.5 Å². The minimum atomic E-state index is -0.0734. The van der Waals surface area contributed by atoms with Crippen molar-refractivity contribution in [2.45, 2.75) is 32.2 Å². The Labute approximate surface area is 125 Å². The molecule has 0 unspecified atom stereocenters. The van der Waals surface area contributed by atoms with Crippen molar-refractivity contribution in [2.24, 2.45) is 11.1 Å². The first-order valence-electron chi connectivity index (χ1n) is 7.42. The van der Waals surface area contributed by atoms with Crippen molar-refractivity contribution in [3.05, 3.63) is 42.0 Å². The molecule has 0 radical (unpaired) electrons. The molecule has 0 aliphatic heterocycles. The number of ether oxygens (including phenoxy) is 1. The van der Waals surface area contributed by atoms with Gasteiger partial charge in [0.25, 0.3) is 0 Å². The highest BCUT2D eigenvalue weighted by atomic mass is 16.5. The zero-order valence-electron chi connectivity index (χ0n) is 12.3. The topological polar surface area (TPSA) is 59.0 Å². The van der Waals surface area contributed by atoms with E-state index in [1.54, 1.807) is 0 Å². The molecule has 3 heteroatoms. The maximum Gasteiger partial charge on any atom is 0.131 e. The fourth-order valence-corrected chi connectivity index (χ4v) is 2.72. The molecule has 2 N–H and O–H groups in total. The molecular weight excluding hydrogens is 260 g/mol. The highest BCUT2D eigenvalue weighted by Gasteiger charge is 2.43. The van der Waals surface area contributed by atoms with Crippen molar-refractivity contribution < 1.29 is 4.74 Å². The summed E-state index contributed by atoms with van der Waals surface area (Å²) in [5.74, 6) is 0.882. The molecule has 0 amide bonds. The van der Waals surface area contributed by atoms with E-state index < -0.39 is 0 Å². The lowest BCUT2D eigenvalue weighted by Gasteiger charge is -2.19. The number of hydrogen-bond acceptors (Lipinski definition) is 3. The standard InChI is InChI=1S/C18H20N2O/c1-13(20)15-7-6-14-4-2-3-5-16(14)17(15)21-12-18(8-9-18)10-11-19/h2-7,13H,8-10,12,20H2,1H3/t13-/m1/s1. The first-order valence-corrected chi connectivity index (χ1v) is 7.42. The highest BCUT2D eigenvalue weighted by Crippen LogP contribution is 2.49. The summed E-state index contributed by atoms with van der Waals surface area (Å²) in [5, 5.41) is 11.2. The van der Waals surface area contributed by atoms with Gasteiger partial charge in [0.1, 0.15) is 5.75 Å². The quantitative estimate of drug-likeness (QED) is 0.902. The third-order valence-electron chi connectivity index (χ3n) is 4.33.